The highest BCUT2D eigenvalue weighted by Gasteiger charge is 2.69. The first-order chi connectivity index (χ1) is 18.9. The molecule has 2 unspecified atom stereocenters. The zero-order valence-electron chi connectivity index (χ0n) is 21.8. The van der Waals surface area contributed by atoms with Crippen LogP contribution in [0.1, 0.15) is 27.9 Å². The first-order valence-corrected chi connectivity index (χ1v) is 12.8. The van der Waals surface area contributed by atoms with E-state index in [1.54, 1.807) is 32.3 Å². The van der Waals surface area contributed by atoms with Crippen LogP contribution in [-0.2, 0) is 25.6 Å². The average molecular weight is 542 g/mol. The van der Waals surface area contributed by atoms with Gasteiger partial charge in [0.25, 0.3) is 0 Å². The third kappa shape index (κ3) is 3.81. The minimum absolute atomic E-state index is 0.0239. The number of phenols is 1. The molecule has 0 saturated heterocycles. The summed E-state index contributed by atoms with van der Waals surface area (Å²) in [6, 6.07) is 11.1. The molecular formula is C30H27N3O7. The molecule has 1 amide bonds. The number of aromatic hydroxyl groups is 1. The number of likely N-dealkylation sites (N-methyl/N-ethyl adjacent to an activating group) is 1. The summed E-state index contributed by atoms with van der Waals surface area (Å²) < 4.78 is 0. The number of ketones is 4. The summed E-state index contributed by atoms with van der Waals surface area (Å²) >= 11 is 0. The highest BCUT2D eigenvalue weighted by atomic mass is 16.3. The van der Waals surface area contributed by atoms with Gasteiger partial charge in [0.1, 0.15) is 5.75 Å². The summed E-state index contributed by atoms with van der Waals surface area (Å²) in [7, 11) is 3.08. The summed E-state index contributed by atoms with van der Waals surface area (Å²) in [5, 5.41) is 31.3. The topological polar surface area (TPSA) is 179 Å². The number of phenolic OH excluding ortho intramolecular Hbond substituents is 1. The monoisotopic (exact) mass is 541 g/mol. The molecule has 40 heavy (non-hydrogen) atoms. The second-order valence-electron chi connectivity index (χ2n) is 10.9. The number of hydrogen-bond donors (Lipinski definition) is 3. The van der Waals surface area contributed by atoms with Crippen molar-refractivity contribution in [3.63, 3.8) is 0 Å². The van der Waals surface area contributed by atoms with Gasteiger partial charge in [-0.2, -0.15) is 5.26 Å². The van der Waals surface area contributed by atoms with Gasteiger partial charge in [0, 0.05) is 12.0 Å². The number of Topliss-reactive ketones (excluding diaryl/α,β-unsaturated/α-hetero) is 4. The summed E-state index contributed by atoms with van der Waals surface area (Å²) in [5.74, 6) is -10.8. The first kappa shape index (κ1) is 27.1. The van der Waals surface area contributed by atoms with Crippen LogP contribution in [0.5, 0.6) is 5.75 Å². The van der Waals surface area contributed by atoms with E-state index in [2.05, 4.69) is 0 Å². The van der Waals surface area contributed by atoms with E-state index in [1.807, 2.05) is 24.3 Å². The molecule has 0 aliphatic heterocycles. The standard InChI is InChI=1S/C30H27N3O7/c1-33(2)24-19-13-16-12-18-17(15-7-3-5-14(11-15)6-4-10-31)8-9-20(34)22(18)25(35)21(16)27(37)30(19,40)28(38)23(26(24)36)29(32)39/h3-9,11,16,19,21,23-24,34,40H,12-13H2,1-2H3,(H2,32,39)/b6-4+/t16-,19-,21?,23?,24-,30-/m0/s1. The van der Waals surface area contributed by atoms with Gasteiger partial charge < -0.3 is 15.9 Å². The molecule has 2 aromatic carbocycles. The van der Waals surface area contributed by atoms with Crippen molar-refractivity contribution >= 4 is 35.1 Å². The van der Waals surface area contributed by atoms with Gasteiger partial charge in [0.2, 0.25) is 5.91 Å². The van der Waals surface area contributed by atoms with Crippen molar-refractivity contribution < 1.29 is 34.2 Å². The molecular weight excluding hydrogens is 514 g/mol. The normalized spacial score (nSPS) is 29.6. The Kier molecular flexibility index (Phi) is 6.53. The maximum Gasteiger partial charge on any atom is 0.235 e. The largest absolute Gasteiger partial charge is 0.507 e. The highest BCUT2D eigenvalue weighted by Crippen LogP contribution is 2.51. The van der Waals surface area contributed by atoms with Crippen LogP contribution in [0.2, 0.25) is 0 Å². The minimum atomic E-state index is -2.76. The number of nitrogens with zero attached hydrogens (tertiary/aromatic N) is 2. The van der Waals surface area contributed by atoms with Gasteiger partial charge >= 0.3 is 0 Å². The number of aliphatic hydroxyl groups is 1. The predicted octanol–water partition coefficient (Wildman–Crippen LogP) is 1.07. The Hall–Kier alpha value is -4.46. The molecule has 0 radical (unpaired) electrons. The number of carbonyl (C=O) groups is 5. The van der Waals surface area contributed by atoms with Gasteiger partial charge in [0.05, 0.1) is 23.6 Å². The molecule has 3 aliphatic carbocycles. The Labute approximate surface area is 229 Å². The molecule has 3 aliphatic rings. The third-order valence-corrected chi connectivity index (χ3v) is 8.49. The molecule has 2 fully saturated rings. The number of benzene rings is 2. The van der Waals surface area contributed by atoms with Crippen LogP contribution in [0.4, 0.5) is 0 Å². The van der Waals surface area contributed by atoms with E-state index in [0.29, 0.717) is 11.1 Å². The second-order valence-corrected chi connectivity index (χ2v) is 10.9. The van der Waals surface area contributed by atoms with Gasteiger partial charge in [-0.25, -0.2) is 0 Å². The molecule has 10 nitrogen and oxygen atoms in total. The Morgan fingerprint density at radius 2 is 1.88 bits per heavy atom. The van der Waals surface area contributed by atoms with Gasteiger partial charge in [-0.3, -0.25) is 28.9 Å². The Morgan fingerprint density at radius 1 is 1.15 bits per heavy atom. The number of nitrogens with two attached hydrogens (primary N) is 1. The summed E-state index contributed by atoms with van der Waals surface area (Å²) in [4.78, 5) is 67.9. The lowest BCUT2D eigenvalue weighted by Crippen LogP contribution is -2.74. The van der Waals surface area contributed by atoms with Gasteiger partial charge in [0.15, 0.2) is 34.7 Å². The van der Waals surface area contributed by atoms with Crippen LogP contribution in [0.15, 0.2) is 42.5 Å². The Morgan fingerprint density at radius 3 is 2.52 bits per heavy atom. The van der Waals surface area contributed by atoms with E-state index < -0.39 is 64.4 Å². The molecule has 0 aromatic heterocycles. The fourth-order valence-corrected chi connectivity index (χ4v) is 6.82. The molecule has 2 aromatic rings. The molecule has 5 rings (SSSR count). The number of amides is 1. The molecule has 2 saturated carbocycles. The highest BCUT2D eigenvalue weighted by molar-refractivity contribution is 6.32. The third-order valence-electron chi connectivity index (χ3n) is 8.49. The Balaban J connectivity index is 1.64. The van der Waals surface area contributed by atoms with E-state index in [0.717, 1.165) is 11.1 Å². The maximum atomic E-state index is 13.9. The zero-order valence-corrected chi connectivity index (χ0v) is 21.8. The lowest BCUT2D eigenvalue weighted by molar-refractivity contribution is -0.181. The van der Waals surface area contributed by atoms with Crippen molar-refractivity contribution in [1.82, 2.24) is 4.90 Å². The summed E-state index contributed by atoms with van der Waals surface area (Å²) in [6.07, 6.45) is 3.11. The van der Waals surface area contributed by atoms with Crippen LogP contribution in [-0.4, -0.2) is 69.9 Å². The van der Waals surface area contributed by atoms with E-state index in [1.165, 1.54) is 17.0 Å². The molecule has 0 heterocycles. The van der Waals surface area contributed by atoms with Crippen molar-refractivity contribution in [2.45, 2.75) is 24.5 Å². The zero-order chi connectivity index (χ0) is 29.1. The number of primary amides is 1. The van der Waals surface area contributed by atoms with Gasteiger partial charge in [-0.05, 0) is 73.3 Å². The molecule has 0 spiro atoms. The lowest BCUT2D eigenvalue weighted by Gasteiger charge is -2.52. The lowest BCUT2D eigenvalue weighted by atomic mass is 9.52. The number of fused-ring (bicyclic) bond motifs is 3. The van der Waals surface area contributed by atoms with Gasteiger partial charge in [-0.15, -0.1) is 0 Å². The van der Waals surface area contributed by atoms with Crippen molar-refractivity contribution in [3.05, 3.63) is 59.2 Å². The van der Waals surface area contributed by atoms with Crippen LogP contribution in [0, 0.1) is 35.0 Å². The maximum absolute atomic E-state index is 13.9. The number of rotatable bonds is 4. The quantitative estimate of drug-likeness (QED) is 0.377. The molecule has 10 heteroatoms. The van der Waals surface area contributed by atoms with E-state index in [4.69, 9.17) is 11.0 Å². The second kappa shape index (κ2) is 9.62. The number of nitriles is 1. The van der Waals surface area contributed by atoms with Crippen LogP contribution in [0.3, 0.4) is 0 Å². The van der Waals surface area contributed by atoms with Crippen LogP contribution < -0.4 is 5.73 Å². The summed E-state index contributed by atoms with van der Waals surface area (Å²) in [6.45, 7) is 0. The van der Waals surface area contributed by atoms with Crippen molar-refractivity contribution in [2.24, 2.45) is 29.4 Å². The first-order valence-electron chi connectivity index (χ1n) is 12.8. The molecule has 0 bridgehead atoms. The number of hydrogen-bond acceptors (Lipinski definition) is 9. The van der Waals surface area contributed by atoms with E-state index in [9.17, 15) is 34.2 Å². The fourth-order valence-electron chi connectivity index (χ4n) is 6.82. The Bertz CT molecular complexity index is 1570. The van der Waals surface area contributed by atoms with Crippen molar-refractivity contribution in [2.75, 3.05) is 14.1 Å². The molecule has 6 atom stereocenters. The van der Waals surface area contributed by atoms with Gasteiger partial charge in [-0.1, -0.05) is 24.3 Å². The number of carbonyl (C=O) groups excluding carboxylic acids is 5. The average Bonchev–Trinajstić information content (AvgIpc) is 2.89. The number of allylic oxidation sites excluding steroid dienone is 1. The fraction of sp³-hybridized carbons (Fsp3) is 0.333. The van der Waals surface area contributed by atoms with E-state index in [-0.39, 0.29) is 24.2 Å². The van der Waals surface area contributed by atoms with E-state index >= 15 is 0 Å². The predicted molar refractivity (Wildman–Crippen MR) is 141 cm³/mol. The SMILES string of the molecule is CN(C)[C@@H]1C(=O)C(C(N)=O)C(=O)[C@@]2(O)C(=O)C3C(=O)c4c(O)ccc(-c5cccc(/C=C/C#N)c5)c4C[C@H]3C[C@@H]12. The van der Waals surface area contributed by atoms with Crippen LogP contribution >= 0.6 is 0 Å². The smallest absolute Gasteiger partial charge is 0.235 e. The molecule has 4 N–H and O–H groups in total. The van der Waals surface area contributed by atoms with Crippen molar-refractivity contribution in [1.29, 1.82) is 5.26 Å². The minimum Gasteiger partial charge on any atom is -0.507 e. The van der Waals surface area contributed by atoms with Crippen LogP contribution in [0.25, 0.3) is 17.2 Å². The summed E-state index contributed by atoms with van der Waals surface area (Å²) in [5.41, 5.74) is 5.15. The molecule has 204 valence electrons. The van der Waals surface area contributed by atoms with Crippen molar-refractivity contribution in [3.8, 4) is 22.9 Å².